The van der Waals surface area contributed by atoms with E-state index < -0.39 is 0 Å². The molecule has 19 heavy (non-hydrogen) atoms. The van der Waals surface area contributed by atoms with Crippen molar-refractivity contribution in [1.82, 2.24) is 19.4 Å². The molecule has 1 aromatic rings. The second kappa shape index (κ2) is 6.06. The SMILES string of the molecule is CCn1ccnc1CN1CCCC(N2CCCC2)C1. The maximum Gasteiger partial charge on any atom is 0.122 e. The number of imidazole rings is 1. The number of hydrogen-bond donors (Lipinski definition) is 0. The molecule has 4 nitrogen and oxygen atoms in total. The number of piperidine rings is 1. The number of aryl methyl sites for hydroxylation is 1. The van der Waals surface area contributed by atoms with E-state index in [1.807, 2.05) is 6.20 Å². The lowest BCUT2D eigenvalue weighted by molar-refractivity contribution is 0.108. The Balaban J connectivity index is 1.59. The molecule has 0 N–H and O–H groups in total. The second-order valence-corrected chi connectivity index (χ2v) is 5.90. The van der Waals surface area contributed by atoms with Crippen molar-refractivity contribution in [3.05, 3.63) is 18.2 Å². The smallest absolute Gasteiger partial charge is 0.122 e. The number of aromatic nitrogens is 2. The first kappa shape index (κ1) is 13.1. The van der Waals surface area contributed by atoms with E-state index >= 15 is 0 Å². The largest absolute Gasteiger partial charge is 0.334 e. The molecule has 3 heterocycles. The lowest BCUT2D eigenvalue weighted by Gasteiger charge is -2.37. The monoisotopic (exact) mass is 262 g/mol. The lowest BCUT2D eigenvalue weighted by atomic mass is 10.0. The second-order valence-electron chi connectivity index (χ2n) is 5.90. The Bertz CT molecular complexity index is 395. The third-order valence-electron chi connectivity index (χ3n) is 4.65. The van der Waals surface area contributed by atoms with Gasteiger partial charge in [0.05, 0.1) is 6.54 Å². The van der Waals surface area contributed by atoms with E-state index in [1.165, 1.54) is 57.7 Å². The molecule has 2 aliphatic heterocycles. The van der Waals surface area contributed by atoms with Crippen LogP contribution in [-0.4, -0.2) is 51.6 Å². The van der Waals surface area contributed by atoms with Crippen LogP contribution in [0.2, 0.25) is 0 Å². The summed E-state index contributed by atoms with van der Waals surface area (Å²) in [6.07, 6.45) is 9.55. The number of rotatable bonds is 4. The molecule has 0 aromatic carbocycles. The van der Waals surface area contributed by atoms with Crippen LogP contribution in [0, 0.1) is 0 Å². The van der Waals surface area contributed by atoms with Gasteiger partial charge in [-0.1, -0.05) is 0 Å². The first-order chi connectivity index (χ1) is 9.36. The fourth-order valence-electron chi connectivity index (χ4n) is 3.56. The van der Waals surface area contributed by atoms with E-state index in [-0.39, 0.29) is 0 Å². The molecular formula is C15H26N4. The summed E-state index contributed by atoms with van der Waals surface area (Å²) in [6, 6.07) is 0.793. The molecule has 4 heteroatoms. The Morgan fingerprint density at radius 3 is 2.84 bits per heavy atom. The quantitative estimate of drug-likeness (QED) is 0.829. The average molecular weight is 262 g/mol. The van der Waals surface area contributed by atoms with E-state index in [0.717, 1.165) is 19.1 Å². The first-order valence-corrected chi connectivity index (χ1v) is 7.83. The molecule has 0 radical (unpaired) electrons. The van der Waals surface area contributed by atoms with Gasteiger partial charge in [0.15, 0.2) is 0 Å². The highest BCUT2D eigenvalue weighted by molar-refractivity contribution is 4.94. The van der Waals surface area contributed by atoms with Crippen LogP contribution >= 0.6 is 0 Å². The molecule has 0 amide bonds. The van der Waals surface area contributed by atoms with Crippen LogP contribution in [0.1, 0.15) is 38.4 Å². The molecule has 106 valence electrons. The lowest BCUT2D eigenvalue weighted by Crippen LogP contribution is -2.46. The fourth-order valence-corrected chi connectivity index (χ4v) is 3.56. The first-order valence-electron chi connectivity index (χ1n) is 7.83. The molecule has 0 spiro atoms. The standard InChI is InChI=1S/C15H26N4/c1-2-18-11-7-16-15(18)13-17-8-5-6-14(12-17)19-9-3-4-10-19/h7,11,14H,2-6,8-10,12-13H2,1H3. The molecule has 1 aromatic heterocycles. The van der Waals surface area contributed by atoms with Crippen LogP contribution in [0.5, 0.6) is 0 Å². The van der Waals surface area contributed by atoms with Crippen LogP contribution in [0.3, 0.4) is 0 Å². The van der Waals surface area contributed by atoms with Gasteiger partial charge in [0.1, 0.15) is 5.82 Å². The van der Waals surface area contributed by atoms with E-state index in [0.29, 0.717) is 0 Å². The van der Waals surface area contributed by atoms with Gasteiger partial charge in [-0.05, 0) is 52.2 Å². The molecule has 3 rings (SSSR count). The Labute approximate surface area is 116 Å². The fraction of sp³-hybridized carbons (Fsp3) is 0.800. The molecule has 0 aliphatic carbocycles. The Morgan fingerprint density at radius 2 is 2.05 bits per heavy atom. The van der Waals surface area contributed by atoms with Gasteiger partial charge in [-0.15, -0.1) is 0 Å². The predicted octanol–water partition coefficient (Wildman–Crippen LogP) is 1.96. The molecule has 0 bridgehead atoms. The van der Waals surface area contributed by atoms with Crippen LogP contribution in [-0.2, 0) is 13.1 Å². The summed E-state index contributed by atoms with van der Waals surface area (Å²) in [5.41, 5.74) is 0. The topological polar surface area (TPSA) is 24.3 Å². The van der Waals surface area contributed by atoms with Gasteiger partial charge < -0.3 is 4.57 Å². The van der Waals surface area contributed by atoms with E-state index in [4.69, 9.17) is 0 Å². The van der Waals surface area contributed by atoms with Gasteiger partial charge in [-0.3, -0.25) is 9.80 Å². The molecule has 2 aliphatic rings. The summed E-state index contributed by atoms with van der Waals surface area (Å²) in [4.78, 5) is 9.82. The summed E-state index contributed by atoms with van der Waals surface area (Å²) in [5.74, 6) is 1.23. The van der Waals surface area contributed by atoms with Crippen LogP contribution in [0.4, 0.5) is 0 Å². The van der Waals surface area contributed by atoms with Crippen LogP contribution in [0.15, 0.2) is 12.4 Å². The summed E-state index contributed by atoms with van der Waals surface area (Å²) in [6.45, 7) is 9.35. The van der Waals surface area contributed by atoms with Crippen molar-refractivity contribution in [2.75, 3.05) is 26.2 Å². The summed E-state index contributed by atoms with van der Waals surface area (Å²) in [5, 5.41) is 0. The van der Waals surface area contributed by atoms with Gasteiger partial charge in [0.25, 0.3) is 0 Å². The van der Waals surface area contributed by atoms with Gasteiger partial charge in [0, 0.05) is 31.5 Å². The van der Waals surface area contributed by atoms with Crippen LogP contribution in [0.25, 0.3) is 0 Å². The highest BCUT2D eigenvalue weighted by atomic mass is 15.3. The Hall–Kier alpha value is -0.870. The normalized spacial score (nSPS) is 26.1. The van der Waals surface area contributed by atoms with Gasteiger partial charge in [-0.2, -0.15) is 0 Å². The van der Waals surface area contributed by atoms with Gasteiger partial charge >= 0.3 is 0 Å². The van der Waals surface area contributed by atoms with Crippen molar-refractivity contribution in [2.45, 2.75) is 51.7 Å². The van der Waals surface area contributed by atoms with Crippen molar-refractivity contribution in [2.24, 2.45) is 0 Å². The van der Waals surface area contributed by atoms with Crippen molar-refractivity contribution in [1.29, 1.82) is 0 Å². The zero-order valence-electron chi connectivity index (χ0n) is 12.1. The molecular weight excluding hydrogens is 236 g/mol. The minimum absolute atomic E-state index is 0.793. The number of likely N-dealkylation sites (tertiary alicyclic amines) is 2. The maximum atomic E-state index is 4.51. The van der Waals surface area contributed by atoms with Gasteiger partial charge in [0.2, 0.25) is 0 Å². The summed E-state index contributed by atoms with van der Waals surface area (Å²) >= 11 is 0. The predicted molar refractivity (Wildman–Crippen MR) is 77.0 cm³/mol. The molecule has 1 unspecified atom stereocenters. The van der Waals surface area contributed by atoms with Crippen molar-refractivity contribution in [3.63, 3.8) is 0 Å². The zero-order valence-corrected chi connectivity index (χ0v) is 12.1. The molecule has 1 atom stereocenters. The van der Waals surface area contributed by atoms with E-state index in [2.05, 4.69) is 32.5 Å². The average Bonchev–Trinajstić information content (AvgIpc) is 3.10. The van der Waals surface area contributed by atoms with Crippen molar-refractivity contribution in [3.8, 4) is 0 Å². The maximum absolute atomic E-state index is 4.51. The molecule has 2 fully saturated rings. The third-order valence-corrected chi connectivity index (χ3v) is 4.65. The van der Waals surface area contributed by atoms with E-state index in [9.17, 15) is 0 Å². The van der Waals surface area contributed by atoms with Crippen LogP contribution < -0.4 is 0 Å². The Morgan fingerprint density at radius 1 is 1.21 bits per heavy atom. The van der Waals surface area contributed by atoms with Crippen molar-refractivity contribution < 1.29 is 0 Å². The zero-order chi connectivity index (χ0) is 13.1. The highest BCUT2D eigenvalue weighted by Crippen LogP contribution is 2.21. The molecule has 0 saturated carbocycles. The highest BCUT2D eigenvalue weighted by Gasteiger charge is 2.27. The van der Waals surface area contributed by atoms with Crippen molar-refractivity contribution >= 4 is 0 Å². The minimum atomic E-state index is 0.793. The minimum Gasteiger partial charge on any atom is -0.334 e. The number of nitrogens with zero attached hydrogens (tertiary/aromatic N) is 4. The number of hydrogen-bond acceptors (Lipinski definition) is 3. The summed E-state index contributed by atoms with van der Waals surface area (Å²) in [7, 11) is 0. The summed E-state index contributed by atoms with van der Waals surface area (Å²) < 4.78 is 2.26. The van der Waals surface area contributed by atoms with E-state index in [1.54, 1.807) is 0 Å². The molecule has 2 saturated heterocycles. The Kier molecular flexibility index (Phi) is 4.18. The van der Waals surface area contributed by atoms with Gasteiger partial charge in [-0.25, -0.2) is 4.98 Å². The third kappa shape index (κ3) is 3.00.